The first kappa shape index (κ1) is 11.0. The van der Waals surface area contributed by atoms with Crippen molar-refractivity contribution in [3.63, 3.8) is 0 Å². The molecule has 0 spiro atoms. The van der Waals surface area contributed by atoms with Crippen molar-refractivity contribution in [2.24, 2.45) is 11.3 Å². The van der Waals surface area contributed by atoms with Gasteiger partial charge in [-0.15, -0.1) is 0 Å². The maximum Gasteiger partial charge on any atom is 0.0271 e. The SMILES string of the molecule is CNC1C(N2CC3CCC2C3)CCC1(C)C. The predicted octanol–water partition coefficient (Wildman–Crippen LogP) is 2.25. The van der Waals surface area contributed by atoms with E-state index in [2.05, 4.69) is 31.1 Å². The van der Waals surface area contributed by atoms with Gasteiger partial charge in [0.25, 0.3) is 0 Å². The number of nitrogens with one attached hydrogen (secondary N) is 1. The van der Waals surface area contributed by atoms with Crippen LogP contribution in [0.15, 0.2) is 0 Å². The Kier molecular flexibility index (Phi) is 2.56. The topological polar surface area (TPSA) is 15.3 Å². The molecular formula is C14H26N2. The van der Waals surface area contributed by atoms with Gasteiger partial charge in [0.2, 0.25) is 0 Å². The van der Waals surface area contributed by atoms with Crippen LogP contribution in [0.5, 0.6) is 0 Å². The first-order valence-corrected chi connectivity index (χ1v) is 7.05. The Balaban J connectivity index is 1.75. The van der Waals surface area contributed by atoms with Gasteiger partial charge in [-0.2, -0.15) is 0 Å². The van der Waals surface area contributed by atoms with Crippen molar-refractivity contribution < 1.29 is 0 Å². The summed E-state index contributed by atoms with van der Waals surface area (Å²) in [7, 11) is 2.15. The van der Waals surface area contributed by atoms with Gasteiger partial charge in [0, 0.05) is 24.7 Å². The van der Waals surface area contributed by atoms with Gasteiger partial charge in [-0.05, 0) is 50.5 Å². The lowest BCUT2D eigenvalue weighted by molar-refractivity contribution is 0.115. The van der Waals surface area contributed by atoms with Crippen LogP contribution in [0.1, 0.15) is 46.0 Å². The maximum absolute atomic E-state index is 3.60. The van der Waals surface area contributed by atoms with E-state index in [0.717, 1.165) is 18.0 Å². The molecule has 1 saturated heterocycles. The molecule has 0 aromatic heterocycles. The second kappa shape index (κ2) is 3.71. The van der Waals surface area contributed by atoms with E-state index in [9.17, 15) is 0 Å². The molecule has 1 aliphatic heterocycles. The lowest BCUT2D eigenvalue weighted by Crippen LogP contribution is -2.52. The molecule has 0 aromatic carbocycles. The highest BCUT2D eigenvalue weighted by Gasteiger charge is 2.49. The number of rotatable bonds is 2. The lowest BCUT2D eigenvalue weighted by atomic mass is 9.86. The van der Waals surface area contributed by atoms with Crippen LogP contribution in [0.2, 0.25) is 0 Å². The number of hydrogen-bond acceptors (Lipinski definition) is 2. The molecule has 3 fully saturated rings. The van der Waals surface area contributed by atoms with Gasteiger partial charge >= 0.3 is 0 Å². The Morgan fingerprint density at radius 3 is 2.56 bits per heavy atom. The van der Waals surface area contributed by atoms with Crippen molar-refractivity contribution in [2.45, 2.75) is 64.1 Å². The zero-order valence-electron chi connectivity index (χ0n) is 11.0. The fourth-order valence-electron chi connectivity index (χ4n) is 4.67. The number of piperidine rings is 1. The van der Waals surface area contributed by atoms with E-state index >= 15 is 0 Å². The average molecular weight is 222 g/mol. The van der Waals surface area contributed by atoms with E-state index in [1.54, 1.807) is 0 Å². The molecule has 16 heavy (non-hydrogen) atoms. The number of likely N-dealkylation sites (N-methyl/N-ethyl adjacent to an activating group) is 1. The zero-order valence-corrected chi connectivity index (χ0v) is 11.0. The van der Waals surface area contributed by atoms with Crippen LogP contribution in [-0.2, 0) is 0 Å². The van der Waals surface area contributed by atoms with Crippen molar-refractivity contribution >= 4 is 0 Å². The van der Waals surface area contributed by atoms with Crippen LogP contribution in [0.4, 0.5) is 0 Å². The minimum absolute atomic E-state index is 0.487. The maximum atomic E-state index is 3.60. The average Bonchev–Trinajstić information content (AvgIpc) is 2.89. The molecule has 0 aromatic rings. The highest BCUT2D eigenvalue weighted by molar-refractivity contribution is 5.05. The zero-order chi connectivity index (χ0) is 11.3. The first-order valence-electron chi connectivity index (χ1n) is 7.05. The van der Waals surface area contributed by atoms with Gasteiger partial charge in [0.1, 0.15) is 0 Å². The van der Waals surface area contributed by atoms with Gasteiger partial charge in [0.15, 0.2) is 0 Å². The Morgan fingerprint density at radius 1 is 1.19 bits per heavy atom. The van der Waals surface area contributed by atoms with Crippen molar-refractivity contribution in [3.8, 4) is 0 Å². The molecule has 0 amide bonds. The largest absolute Gasteiger partial charge is 0.315 e. The summed E-state index contributed by atoms with van der Waals surface area (Å²) in [5.74, 6) is 1.03. The van der Waals surface area contributed by atoms with E-state index in [-0.39, 0.29) is 0 Å². The number of nitrogens with zero attached hydrogens (tertiary/aromatic N) is 1. The lowest BCUT2D eigenvalue weighted by Gasteiger charge is -2.39. The van der Waals surface area contributed by atoms with Crippen LogP contribution in [0, 0.1) is 11.3 Å². The van der Waals surface area contributed by atoms with Gasteiger partial charge in [-0.25, -0.2) is 0 Å². The van der Waals surface area contributed by atoms with E-state index in [4.69, 9.17) is 0 Å². The van der Waals surface area contributed by atoms with Crippen molar-refractivity contribution in [1.82, 2.24) is 10.2 Å². The number of fused-ring (bicyclic) bond motifs is 2. The van der Waals surface area contributed by atoms with E-state index < -0.39 is 0 Å². The molecule has 4 atom stereocenters. The summed E-state index contributed by atoms with van der Waals surface area (Å²) in [5, 5.41) is 3.60. The minimum Gasteiger partial charge on any atom is -0.315 e. The Bertz CT molecular complexity index is 274. The van der Waals surface area contributed by atoms with Gasteiger partial charge in [0.05, 0.1) is 0 Å². The highest BCUT2D eigenvalue weighted by Crippen LogP contribution is 2.46. The summed E-state index contributed by atoms with van der Waals surface area (Å²) < 4.78 is 0. The quantitative estimate of drug-likeness (QED) is 0.771. The Hall–Kier alpha value is -0.0800. The van der Waals surface area contributed by atoms with E-state index in [0.29, 0.717) is 11.5 Å². The Labute approximate surface area is 99.8 Å². The Morgan fingerprint density at radius 2 is 2.00 bits per heavy atom. The molecule has 1 N–H and O–H groups in total. The van der Waals surface area contributed by atoms with E-state index in [1.807, 2.05) is 0 Å². The van der Waals surface area contributed by atoms with Crippen molar-refractivity contribution in [3.05, 3.63) is 0 Å². The molecule has 4 unspecified atom stereocenters. The van der Waals surface area contributed by atoms with Crippen LogP contribution in [0.25, 0.3) is 0 Å². The molecule has 3 aliphatic rings. The summed E-state index contributed by atoms with van der Waals surface area (Å²) >= 11 is 0. The summed E-state index contributed by atoms with van der Waals surface area (Å²) in [6, 6.07) is 2.45. The molecule has 2 aliphatic carbocycles. The molecule has 3 rings (SSSR count). The van der Waals surface area contributed by atoms with Crippen LogP contribution < -0.4 is 5.32 Å². The summed E-state index contributed by atoms with van der Waals surface area (Å²) in [5.41, 5.74) is 0.487. The van der Waals surface area contributed by atoms with Gasteiger partial charge < -0.3 is 5.32 Å². The molecule has 2 heteroatoms. The van der Waals surface area contributed by atoms with Crippen molar-refractivity contribution in [1.29, 1.82) is 0 Å². The van der Waals surface area contributed by atoms with Gasteiger partial charge in [-0.1, -0.05) is 13.8 Å². The number of likely N-dealkylation sites (tertiary alicyclic amines) is 1. The molecule has 2 nitrogen and oxygen atoms in total. The first-order chi connectivity index (χ1) is 7.62. The summed E-state index contributed by atoms with van der Waals surface area (Å²) in [6.45, 7) is 6.26. The van der Waals surface area contributed by atoms with Crippen LogP contribution in [0.3, 0.4) is 0 Å². The summed E-state index contributed by atoms with van der Waals surface area (Å²) in [6.07, 6.45) is 7.26. The molecule has 2 saturated carbocycles. The third-order valence-electron chi connectivity index (χ3n) is 5.50. The molecular weight excluding hydrogens is 196 g/mol. The summed E-state index contributed by atoms with van der Waals surface area (Å²) in [4.78, 5) is 2.85. The third kappa shape index (κ3) is 1.53. The molecule has 92 valence electrons. The van der Waals surface area contributed by atoms with Crippen LogP contribution in [-0.4, -0.2) is 36.6 Å². The smallest absolute Gasteiger partial charge is 0.0271 e. The highest BCUT2D eigenvalue weighted by atomic mass is 15.3. The predicted molar refractivity (Wildman–Crippen MR) is 67.5 cm³/mol. The minimum atomic E-state index is 0.487. The fraction of sp³-hybridized carbons (Fsp3) is 1.00. The molecule has 0 radical (unpaired) electrons. The normalized spacial score (nSPS) is 46.7. The third-order valence-corrected chi connectivity index (χ3v) is 5.50. The van der Waals surface area contributed by atoms with Crippen molar-refractivity contribution in [2.75, 3.05) is 13.6 Å². The second-order valence-electron chi connectivity index (χ2n) is 6.89. The van der Waals surface area contributed by atoms with E-state index in [1.165, 1.54) is 38.6 Å². The van der Waals surface area contributed by atoms with Gasteiger partial charge in [-0.3, -0.25) is 4.90 Å². The molecule has 2 bridgehead atoms. The molecule has 1 heterocycles. The monoisotopic (exact) mass is 222 g/mol. The number of hydrogen-bond donors (Lipinski definition) is 1. The fourth-order valence-corrected chi connectivity index (χ4v) is 4.67. The standard InChI is InChI=1S/C14H26N2/c1-14(2)7-6-12(13(14)15-3)16-9-10-4-5-11(16)8-10/h10-13,15H,4-9H2,1-3H3. The second-order valence-corrected chi connectivity index (χ2v) is 6.89. The van der Waals surface area contributed by atoms with Crippen LogP contribution >= 0.6 is 0 Å².